The van der Waals surface area contributed by atoms with Gasteiger partial charge in [0.15, 0.2) is 0 Å². The van der Waals surface area contributed by atoms with Crippen molar-refractivity contribution in [2.75, 3.05) is 27.2 Å². The molecule has 1 aliphatic carbocycles. The van der Waals surface area contributed by atoms with Crippen molar-refractivity contribution in [3.63, 3.8) is 0 Å². The molecule has 1 amide bonds. The number of hydrogen-bond donors (Lipinski definition) is 1. The Morgan fingerprint density at radius 1 is 1.05 bits per heavy atom. The maximum Gasteiger partial charge on any atom is 0.303 e. The van der Waals surface area contributed by atoms with Crippen LogP contribution in [0.25, 0.3) is 0 Å². The largest absolute Gasteiger partial charge is 0.497 e. The number of nitrogens with zero attached hydrogens (tertiary/aromatic N) is 1. The summed E-state index contributed by atoms with van der Waals surface area (Å²) in [6.45, 7) is 3.10. The van der Waals surface area contributed by atoms with Crippen molar-refractivity contribution < 1.29 is 19.1 Å². The zero-order chi connectivity index (χ0) is 26.3. The van der Waals surface area contributed by atoms with Crippen LogP contribution in [0.4, 0.5) is 0 Å². The number of hydrogen-bond acceptors (Lipinski definition) is 5. The van der Waals surface area contributed by atoms with E-state index in [-0.39, 0.29) is 23.3 Å². The number of benzene rings is 2. The highest BCUT2D eigenvalue weighted by molar-refractivity contribution is 5.76. The first-order valence-corrected chi connectivity index (χ1v) is 13.7. The van der Waals surface area contributed by atoms with Gasteiger partial charge in [0.05, 0.1) is 7.11 Å². The number of esters is 1. The van der Waals surface area contributed by atoms with Gasteiger partial charge in [-0.15, -0.1) is 0 Å². The van der Waals surface area contributed by atoms with Crippen molar-refractivity contribution in [1.29, 1.82) is 0 Å². The monoisotopic (exact) mass is 506 g/mol. The Hall–Kier alpha value is -2.86. The van der Waals surface area contributed by atoms with Crippen LogP contribution >= 0.6 is 0 Å². The molecular formula is C31H42N2O4. The van der Waals surface area contributed by atoms with Crippen molar-refractivity contribution in [3.8, 4) is 5.75 Å². The first-order valence-electron chi connectivity index (χ1n) is 13.7. The van der Waals surface area contributed by atoms with E-state index >= 15 is 0 Å². The van der Waals surface area contributed by atoms with E-state index in [1.807, 2.05) is 18.2 Å². The number of piperidine rings is 1. The second-order valence-corrected chi connectivity index (χ2v) is 10.9. The molecule has 1 heterocycles. The minimum Gasteiger partial charge on any atom is -0.497 e. The van der Waals surface area contributed by atoms with Gasteiger partial charge in [0, 0.05) is 31.3 Å². The minimum atomic E-state index is -0.628. The fourth-order valence-corrected chi connectivity index (χ4v) is 6.57. The van der Waals surface area contributed by atoms with Crippen molar-refractivity contribution in [3.05, 3.63) is 65.7 Å². The zero-order valence-corrected chi connectivity index (χ0v) is 22.6. The summed E-state index contributed by atoms with van der Waals surface area (Å²) < 4.78 is 11.8. The van der Waals surface area contributed by atoms with Crippen LogP contribution in [-0.2, 0) is 26.2 Å². The Balaban J connectivity index is 1.44. The van der Waals surface area contributed by atoms with E-state index in [2.05, 4.69) is 53.7 Å². The SMILES string of the molecule is COc1cccc([C@@]23CCN(C)C[C@@]2(OC(C)=O)CC[C@@H](NC(=O)CCCCCc2ccccc2)C3)c1. The van der Waals surface area contributed by atoms with Gasteiger partial charge >= 0.3 is 5.97 Å². The summed E-state index contributed by atoms with van der Waals surface area (Å²) in [6, 6.07) is 18.7. The first kappa shape index (κ1) is 27.2. The third kappa shape index (κ3) is 6.35. The molecule has 3 atom stereocenters. The van der Waals surface area contributed by atoms with Crippen LogP contribution in [0.15, 0.2) is 54.6 Å². The second kappa shape index (κ2) is 12.1. The van der Waals surface area contributed by atoms with E-state index in [0.29, 0.717) is 13.0 Å². The highest BCUT2D eigenvalue weighted by Gasteiger charge is 2.60. The standard InChI is InChI=1S/C31H42N2O4/c1-24(34)37-31-18-17-27(32-29(35)16-9-5-8-13-25-11-6-4-7-12-25)22-30(31,19-20-33(2)23-31)26-14-10-15-28(21-26)36-3/h4,6-7,10-12,14-15,21,27H,5,8-9,13,16-20,22-23H2,1-3H3,(H,32,35)/t27-,30+,31+/m1/s1. The van der Waals surface area contributed by atoms with Gasteiger partial charge < -0.3 is 19.7 Å². The molecule has 4 rings (SSSR count). The Morgan fingerprint density at radius 3 is 2.62 bits per heavy atom. The number of unbranched alkanes of at least 4 members (excludes halogenated alkanes) is 2. The Labute approximate surface area is 221 Å². The van der Waals surface area contributed by atoms with Crippen LogP contribution in [-0.4, -0.2) is 55.7 Å². The molecule has 1 aliphatic heterocycles. The molecule has 200 valence electrons. The predicted octanol–water partition coefficient (Wildman–Crippen LogP) is 5.04. The number of rotatable bonds is 10. The highest BCUT2D eigenvalue weighted by atomic mass is 16.6. The van der Waals surface area contributed by atoms with Crippen LogP contribution in [0.3, 0.4) is 0 Å². The zero-order valence-electron chi connectivity index (χ0n) is 22.6. The molecule has 2 aliphatic rings. The van der Waals surface area contributed by atoms with Gasteiger partial charge in [-0.3, -0.25) is 9.59 Å². The minimum absolute atomic E-state index is 0.0510. The van der Waals surface area contributed by atoms with Crippen LogP contribution in [0.5, 0.6) is 5.75 Å². The smallest absolute Gasteiger partial charge is 0.303 e. The fraction of sp³-hybridized carbons (Fsp3) is 0.548. The Kier molecular flexibility index (Phi) is 8.91. The highest BCUT2D eigenvalue weighted by Crippen LogP contribution is 2.54. The number of carbonyl (C=O) groups is 2. The molecule has 1 saturated carbocycles. The van der Waals surface area contributed by atoms with Crippen LogP contribution < -0.4 is 10.1 Å². The van der Waals surface area contributed by atoms with Gasteiger partial charge in [-0.1, -0.05) is 48.9 Å². The molecule has 0 aromatic heterocycles. The van der Waals surface area contributed by atoms with Gasteiger partial charge in [-0.2, -0.15) is 0 Å². The molecule has 0 unspecified atom stereocenters. The molecule has 1 N–H and O–H groups in total. The second-order valence-electron chi connectivity index (χ2n) is 10.9. The summed E-state index contributed by atoms with van der Waals surface area (Å²) in [4.78, 5) is 27.5. The van der Waals surface area contributed by atoms with Crippen LogP contribution in [0, 0.1) is 0 Å². The van der Waals surface area contributed by atoms with E-state index in [9.17, 15) is 9.59 Å². The summed E-state index contributed by atoms with van der Waals surface area (Å²) in [5.41, 5.74) is 1.47. The van der Waals surface area contributed by atoms with Crippen molar-refractivity contribution in [2.24, 2.45) is 0 Å². The van der Waals surface area contributed by atoms with Crippen LogP contribution in [0.1, 0.15) is 69.4 Å². The topological polar surface area (TPSA) is 67.9 Å². The summed E-state index contributed by atoms with van der Waals surface area (Å²) >= 11 is 0. The van der Waals surface area contributed by atoms with Gasteiger partial charge in [0.2, 0.25) is 5.91 Å². The molecule has 37 heavy (non-hydrogen) atoms. The van der Waals surface area contributed by atoms with Crippen LogP contribution in [0.2, 0.25) is 0 Å². The van der Waals surface area contributed by atoms with E-state index in [0.717, 1.165) is 69.2 Å². The van der Waals surface area contributed by atoms with Gasteiger partial charge in [0.1, 0.15) is 11.4 Å². The molecule has 0 radical (unpaired) electrons. The molecule has 2 aromatic carbocycles. The average Bonchev–Trinajstić information content (AvgIpc) is 2.89. The maximum absolute atomic E-state index is 12.9. The lowest BCUT2D eigenvalue weighted by molar-refractivity contribution is -0.185. The number of nitrogens with one attached hydrogen (secondary N) is 1. The lowest BCUT2D eigenvalue weighted by Crippen LogP contribution is -2.68. The Bertz CT molecular complexity index is 1060. The number of methoxy groups -OCH3 is 1. The molecule has 0 bridgehead atoms. The third-order valence-electron chi connectivity index (χ3n) is 8.35. The molecular weight excluding hydrogens is 464 g/mol. The molecule has 2 fully saturated rings. The van der Waals surface area contributed by atoms with E-state index < -0.39 is 5.60 Å². The molecule has 6 nitrogen and oxygen atoms in total. The van der Waals surface area contributed by atoms with Crippen molar-refractivity contribution in [2.45, 2.75) is 81.8 Å². The molecule has 0 spiro atoms. The number of amides is 1. The predicted molar refractivity (Wildman–Crippen MR) is 146 cm³/mol. The third-order valence-corrected chi connectivity index (χ3v) is 8.35. The van der Waals surface area contributed by atoms with E-state index in [4.69, 9.17) is 9.47 Å². The summed E-state index contributed by atoms with van der Waals surface area (Å²) in [6.07, 6.45) is 7.77. The maximum atomic E-state index is 12.9. The molecule has 2 aromatic rings. The summed E-state index contributed by atoms with van der Waals surface area (Å²) in [5, 5.41) is 3.34. The van der Waals surface area contributed by atoms with Crippen molar-refractivity contribution in [1.82, 2.24) is 10.2 Å². The summed E-state index contributed by atoms with van der Waals surface area (Å²) in [7, 11) is 3.76. The number of ether oxygens (including phenoxy) is 2. The van der Waals surface area contributed by atoms with Gasteiger partial charge in [0.25, 0.3) is 0 Å². The number of aryl methyl sites for hydroxylation is 1. The lowest BCUT2D eigenvalue weighted by Gasteiger charge is -2.59. The lowest BCUT2D eigenvalue weighted by atomic mass is 9.55. The number of likely N-dealkylation sites (tertiary alicyclic amines) is 1. The van der Waals surface area contributed by atoms with E-state index in [1.165, 1.54) is 12.5 Å². The summed E-state index contributed by atoms with van der Waals surface area (Å²) in [5.74, 6) is 0.670. The number of likely N-dealkylation sites (N-methyl/N-ethyl adjacent to an activating group) is 1. The average molecular weight is 507 g/mol. The normalized spacial score (nSPS) is 25.6. The quantitative estimate of drug-likeness (QED) is 0.361. The molecule has 1 saturated heterocycles. The number of carbonyl (C=O) groups excluding carboxylic acids is 2. The fourth-order valence-electron chi connectivity index (χ4n) is 6.57. The number of fused-ring (bicyclic) bond motifs is 1. The van der Waals surface area contributed by atoms with Gasteiger partial charge in [-0.25, -0.2) is 0 Å². The van der Waals surface area contributed by atoms with E-state index in [1.54, 1.807) is 7.11 Å². The van der Waals surface area contributed by atoms with Crippen molar-refractivity contribution >= 4 is 11.9 Å². The van der Waals surface area contributed by atoms with Gasteiger partial charge in [-0.05, 0) is 81.8 Å². The first-order chi connectivity index (χ1) is 17.9. The Morgan fingerprint density at radius 2 is 1.86 bits per heavy atom. The molecule has 6 heteroatoms.